The van der Waals surface area contributed by atoms with E-state index in [1.165, 1.54) is 16.7 Å². The molecule has 1 rings (SSSR count). The van der Waals surface area contributed by atoms with Crippen molar-refractivity contribution in [1.82, 2.24) is 0 Å². The summed E-state index contributed by atoms with van der Waals surface area (Å²) in [6.07, 6.45) is 5.07. The zero-order chi connectivity index (χ0) is 15.8. The van der Waals surface area contributed by atoms with Crippen LogP contribution in [0.5, 0.6) is 5.75 Å². The highest BCUT2D eigenvalue weighted by molar-refractivity contribution is 5.75. The fourth-order valence-electron chi connectivity index (χ4n) is 2.52. The van der Waals surface area contributed by atoms with Crippen LogP contribution in [0.25, 0.3) is 0 Å². The average molecular weight is 290 g/mol. The predicted molar refractivity (Wildman–Crippen MR) is 89.1 cm³/mol. The number of carbonyl (C=O) groups excluding carboxylic acids is 1. The summed E-state index contributed by atoms with van der Waals surface area (Å²) in [6, 6.07) is 4.25. The highest BCUT2D eigenvalue weighted by Crippen LogP contribution is 2.26. The summed E-state index contributed by atoms with van der Waals surface area (Å²) in [5, 5.41) is 0. The van der Waals surface area contributed by atoms with Gasteiger partial charge in [-0.2, -0.15) is 0 Å². The molecule has 0 aromatic heterocycles. The van der Waals surface area contributed by atoms with Crippen molar-refractivity contribution >= 4 is 5.78 Å². The molecule has 0 aliphatic heterocycles. The Hall–Kier alpha value is -1.31. The smallest absolute Gasteiger partial charge is 0.129 e. The van der Waals surface area contributed by atoms with Crippen LogP contribution in [0.2, 0.25) is 0 Å². The summed E-state index contributed by atoms with van der Waals surface area (Å²) in [5.74, 6) is 1.86. The Morgan fingerprint density at radius 1 is 1.14 bits per heavy atom. The first kappa shape index (κ1) is 17.7. The fourth-order valence-corrected chi connectivity index (χ4v) is 2.52. The predicted octanol–water partition coefficient (Wildman–Crippen LogP) is 5.03. The molecule has 2 nitrogen and oxygen atoms in total. The van der Waals surface area contributed by atoms with E-state index in [9.17, 15) is 4.79 Å². The topological polar surface area (TPSA) is 26.3 Å². The van der Waals surface area contributed by atoms with Crippen molar-refractivity contribution in [1.29, 1.82) is 0 Å². The Labute approximate surface area is 129 Å². The lowest BCUT2D eigenvalue weighted by Crippen LogP contribution is -2.07. The number of unbranched alkanes of at least 4 members (excludes halogenated alkanes) is 2. The van der Waals surface area contributed by atoms with E-state index in [0.29, 0.717) is 11.7 Å². The molecule has 0 saturated carbocycles. The number of Topliss-reactive ketones (excluding diaryl/α,β-unsaturated/α-hetero) is 1. The van der Waals surface area contributed by atoms with Crippen molar-refractivity contribution < 1.29 is 9.53 Å². The minimum atomic E-state index is 0.298. The Kier molecular flexibility index (Phi) is 7.49. The van der Waals surface area contributed by atoms with Crippen LogP contribution in [-0.4, -0.2) is 12.4 Å². The summed E-state index contributed by atoms with van der Waals surface area (Å²) >= 11 is 0. The van der Waals surface area contributed by atoms with Crippen LogP contribution in [0.3, 0.4) is 0 Å². The highest BCUT2D eigenvalue weighted by atomic mass is 16.5. The minimum Gasteiger partial charge on any atom is -0.493 e. The van der Waals surface area contributed by atoms with Crippen molar-refractivity contribution in [2.75, 3.05) is 6.61 Å². The third kappa shape index (κ3) is 6.33. The van der Waals surface area contributed by atoms with Crippen LogP contribution in [0.15, 0.2) is 12.1 Å². The first-order valence-electron chi connectivity index (χ1n) is 8.13. The van der Waals surface area contributed by atoms with Crippen LogP contribution in [0, 0.1) is 19.8 Å². The molecule has 0 spiro atoms. The molecule has 1 aromatic rings. The maximum atomic E-state index is 10.9. The van der Waals surface area contributed by atoms with Gasteiger partial charge in [0.05, 0.1) is 6.61 Å². The van der Waals surface area contributed by atoms with Gasteiger partial charge in [0, 0.05) is 6.42 Å². The Balaban J connectivity index is 2.59. The lowest BCUT2D eigenvalue weighted by molar-refractivity contribution is -0.117. The minimum absolute atomic E-state index is 0.298. The van der Waals surface area contributed by atoms with E-state index in [1.54, 1.807) is 6.92 Å². The Morgan fingerprint density at radius 3 is 2.48 bits per heavy atom. The first-order chi connectivity index (χ1) is 9.91. The van der Waals surface area contributed by atoms with Gasteiger partial charge >= 0.3 is 0 Å². The molecule has 0 aliphatic carbocycles. The number of carbonyl (C=O) groups is 1. The van der Waals surface area contributed by atoms with Crippen molar-refractivity contribution in [3.63, 3.8) is 0 Å². The number of ketones is 1. The number of hydrogen-bond acceptors (Lipinski definition) is 2. The van der Waals surface area contributed by atoms with Crippen LogP contribution in [-0.2, 0) is 11.2 Å². The van der Waals surface area contributed by atoms with Gasteiger partial charge in [0.25, 0.3) is 0 Å². The van der Waals surface area contributed by atoms with Gasteiger partial charge < -0.3 is 9.53 Å². The second kappa shape index (κ2) is 8.86. The van der Waals surface area contributed by atoms with Gasteiger partial charge in [-0.05, 0) is 68.7 Å². The molecule has 118 valence electrons. The Morgan fingerprint density at radius 2 is 1.86 bits per heavy atom. The molecule has 0 saturated heterocycles. The Bertz CT molecular complexity index is 461. The molecular weight excluding hydrogens is 260 g/mol. The van der Waals surface area contributed by atoms with Crippen LogP contribution >= 0.6 is 0 Å². The van der Waals surface area contributed by atoms with E-state index in [2.05, 4.69) is 39.8 Å². The van der Waals surface area contributed by atoms with Crippen LogP contribution in [0.1, 0.15) is 63.1 Å². The largest absolute Gasteiger partial charge is 0.493 e. The molecule has 0 heterocycles. The van der Waals surface area contributed by atoms with Gasteiger partial charge in [-0.25, -0.2) is 0 Å². The molecule has 0 fully saturated rings. The zero-order valence-corrected chi connectivity index (χ0v) is 14.3. The highest BCUT2D eigenvalue weighted by Gasteiger charge is 2.09. The molecular formula is C19H30O2. The summed E-state index contributed by atoms with van der Waals surface area (Å²) in [5.41, 5.74) is 4.04. The second-order valence-corrected chi connectivity index (χ2v) is 6.45. The summed E-state index contributed by atoms with van der Waals surface area (Å²) < 4.78 is 5.91. The van der Waals surface area contributed by atoms with Crippen molar-refractivity contribution in [3.8, 4) is 5.75 Å². The van der Waals surface area contributed by atoms with E-state index in [0.717, 1.165) is 44.5 Å². The lowest BCUT2D eigenvalue weighted by Gasteiger charge is -2.16. The quantitative estimate of drug-likeness (QED) is 0.596. The van der Waals surface area contributed by atoms with Gasteiger partial charge in [-0.15, -0.1) is 0 Å². The van der Waals surface area contributed by atoms with Crippen molar-refractivity contribution in [2.45, 2.75) is 66.7 Å². The van der Waals surface area contributed by atoms with E-state index in [4.69, 9.17) is 4.74 Å². The number of aryl methyl sites for hydroxylation is 1. The first-order valence-corrected chi connectivity index (χ1v) is 8.13. The maximum absolute atomic E-state index is 10.9. The third-order valence-corrected chi connectivity index (χ3v) is 3.81. The van der Waals surface area contributed by atoms with Crippen LogP contribution in [0.4, 0.5) is 0 Å². The molecule has 0 bridgehead atoms. The normalized spacial score (nSPS) is 11.0. The van der Waals surface area contributed by atoms with Crippen LogP contribution < -0.4 is 4.74 Å². The molecule has 0 radical (unpaired) electrons. The maximum Gasteiger partial charge on any atom is 0.129 e. The molecule has 21 heavy (non-hydrogen) atoms. The van der Waals surface area contributed by atoms with Gasteiger partial charge in [0.1, 0.15) is 11.5 Å². The fraction of sp³-hybridized carbons (Fsp3) is 0.632. The zero-order valence-electron chi connectivity index (χ0n) is 14.3. The third-order valence-electron chi connectivity index (χ3n) is 3.81. The van der Waals surface area contributed by atoms with Gasteiger partial charge in [-0.1, -0.05) is 26.3 Å². The molecule has 0 N–H and O–H groups in total. The molecule has 0 unspecified atom stereocenters. The average Bonchev–Trinajstić information content (AvgIpc) is 2.40. The van der Waals surface area contributed by atoms with Gasteiger partial charge in [0.15, 0.2) is 0 Å². The summed E-state index contributed by atoms with van der Waals surface area (Å²) in [7, 11) is 0. The molecule has 0 amide bonds. The number of ether oxygens (including phenoxy) is 1. The summed E-state index contributed by atoms with van der Waals surface area (Å²) in [6.45, 7) is 11.1. The number of hydrogen-bond donors (Lipinski definition) is 0. The van der Waals surface area contributed by atoms with Gasteiger partial charge in [-0.3, -0.25) is 0 Å². The molecule has 1 aromatic carbocycles. The molecule has 0 atom stereocenters. The van der Waals surface area contributed by atoms with Crippen molar-refractivity contribution in [2.24, 2.45) is 5.92 Å². The van der Waals surface area contributed by atoms with E-state index in [-0.39, 0.29) is 0 Å². The second-order valence-electron chi connectivity index (χ2n) is 6.45. The van der Waals surface area contributed by atoms with Gasteiger partial charge in [0.2, 0.25) is 0 Å². The lowest BCUT2D eigenvalue weighted by atomic mass is 9.96. The van der Waals surface area contributed by atoms with E-state index < -0.39 is 0 Å². The summed E-state index contributed by atoms with van der Waals surface area (Å²) in [4.78, 5) is 10.9. The molecule has 0 aliphatic rings. The number of benzene rings is 1. The van der Waals surface area contributed by atoms with E-state index in [1.807, 2.05) is 0 Å². The SMILES string of the molecule is CC(=O)CCCCCc1c(C)ccc(OCC(C)C)c1C. The van der Waals surface area contributed by atoms with E-state index >= 15 is 0 Å². The monoisotopic (exact) mass is 290 g/mol. The standard InChI is InChI=1S/C19H30O2/c1-14(2)13-21-19-12-11-15(3)18(17(19)5)10-8-6-7-9-16(4)20/h11-12,14H,6-10,13H2,1-5H3. The van der Waals surface area contributed by atoms with Crippen molar-refractivity contribution in [3.05, 3.63) is 28.8 Å². The molecule has 2 heteroatoms. The number of rotatable bonds is 9.